The minimum atomic E-state index is 0.583. The molecule has 0 saturated carbocycles. The highest BCUT2D eigenvalue weighted by Crippen LogP contribution is 2.38. The fourth-order valence-electron chi connectivity index (χ4n) is 2.21. The van der Waals surface area contributed by atoms with Crippen LogP contribution < -0.4 is 11.1 Å². The van der Waals surface area contributed by atoms with Crippen LogP contribution in [0.4, 0.5) is 10.8 Å². The minimum absolute atomic E-state index is 0.583. The summed E-state index contributed by atoms with van der Waals surface area (Å²) in [6.45, 7) is 5.22. The van der Waals surface area contributed by atoms with Crippen molar-refractivity contribution in [3.63, 3.8) is 0 Å². The van der Waals surface area contributed by atoms with Crippen LogP contribution >= 0.6 is 22.9 Å². The van der Waals surface area contributed by atoms with Gasteiger partial charge in [0, 0.05) is 17.6 Å². The fraction of sp³-hybridized carbons (Fsp3) is 0.600. The Kier molecular flexibility index (Phi) is 6.45. The molecule has 4 nitrogen and oxygen atoms in total. The Morgan fingerprint density at radius 2 is 1.95 bits per heavy atom. The number of hydrogen-bond donors (Lipinski definition) is 2. The Bertz CT molecular complexity index is 548. The van der Waals surface area contributed by atoms with E-state index in [2.05, 4.69) is 21.6 Å². The molecule has 0 aromatic carbocycles. The smallest absolute Gasteiger partial charge is 0.149 e. The largest absolute Gasteiger partial charge is 0.382 e. The zero-order chi connectivity index (χ0) is 15.1. The van der Waals surface area contributed by atoms with Gasteiger partial charge in [-0.05, 0) is 24.9 Å². The first kappa shape index (κ1) is 16.2. The van der Waals surface area contributed by atoms with Crippen molar-refractivity contribution in [3.05, 3.63) is 11.1 Å². The molecule has 2 heterocycles. The lowest BCUT2D eigenvalue weighted by Gasteiger charge is -2.05. The highest BCUT2D eigenvalue weighted by atomic mass is 32.1. The third kappa shape index (κ3) is 4.68. The molecule has 0 unspecified atom stereocenters. The van der Waals surface area contributed by atoms with E-state index in [1.807, 2.05) is 12.3 Å². The molecule has 0 aliphatic rings. The second-order valence-electron chi connectivity index (χ2n) is 5.26. The molecule has 116 valence electrons. The van der Waals surface area contributed by atoms with Crippen molar-refractivity contribution in [2.24, 2.45) is 0 Å². The topological polar surface area (TPSA) is 63.8 Å². The van der Waals surface area contributed by atoms with Gasteiger partial charge in [0.2, 0.25) is 0 Å². The summed E-state index contributed by atoms with van der Waals surface area (Å²) < 4.78 is 4.27. The number of nitrogen functional groups attached to an aromatic ring is 1. The molecule has 21 heavy (non-hydrogen) atoms. The lowest BCUT2D eigenvalue weighted by atomic mass is 10.1. The van der Waals surface area contributed by atoms with E-state index in [-0.39, 0.29) is 0 Å². The van der Waals surface area contributed by atoms with Gasteiger partial charge in [-0.15, -0.1) is 11.3 Å². The molecule has 0 spiro atoms. The van der Waals surface area contributed by atoms with Gasteiger partial charge in [0.1, 0.15) is 15.8 Å². The predicted octanol–water partition coefficient (Wildman–Crippen LogP) is 4.93. The third-order valence-electron chi connectivity index (χ3n) is 3.37. The van der Waals surface area contributed by atoms with Gasteiger partial charge in [-0.3, -0.25) is 0 Å². The summed E-state index contributed by atoms with van der Waals surface area (Å²) in [5, 5.41) is 7.53. The zero-order valence-electron chi connectivity index (χ0n) is 12.8. The van der Waals surface area contributed by atoms with Gasteiger partial charge in [0.05, 0.1) is 5.56 Å². The molecule has 6 heteroatoms. The number of nitrogens with two attached hydrogens (primary N) is 1. The van der Waals surface area contributed by atoms with Crippen molar-refractivity contribution < 1.29 is 0 Å². The molecule has 0 fully saturated rings. The van der Waals surface area contributed by atoms with Crippen LogP contribution in [-0.2, 0) is 0 Å². The molecule has 0 atom stereocenters. The van der Waals surface area contributed by atoms with Crippen molar-refractivity contribution in [1.29, 1.82) is 0 Å². The van der Waals surface area contributed by atoms with Crippen molar-refractivity contribution in [1.82, 2.24) is 9.36 Å². The van der Waals surface area contributed by atoms with Crippen molar-refractivity contribution in [2.75, 3.05) is 17.6 Å². The number of unbranched alkanes of at least 4 members (excludes halogenated alkanes) is 5. The molecule has 0 bridgehead atoms. The molecule has 0 aliphatic carbocycles. The molecule has 2 rings (SSSR count). The van der Waals surface area contributed by atoms with Crippen LogP contribution in [-0.4, -0.2) is 15.9 Å². The standard InChI is InChI=1S/C15H24N4S2/c1-3-4-5-6-7-8-9-17-14-12(13(16)19-21-14)15-18-11(2)10-20-15/h10,17H,3-9H2,1-2H3,(H2,16,19). The SMILES string of the molecule is CCCCCCCCNc1snc(N)c1-c1nc(C)cs1. The maximum absolute atomic E-state index is 5.99. The average molecular weight is 325 g/mol. The van der Waals surface area contributed by atoms with E-state index >= 15 is 0 Å². The number of thiazole rings is 1. The zero-order valence-corrected chi connectivity index (χ0v) is 14.4. The van der Waals surface area contributed by atoms with E-state index in [1.54, 1.807) is 11.3 Å². The first-order chi connectivity index (χ1) is 10.2. The first-order valence-corrected chi connectivity index (χ1v) is 9.29. The van der Waals surface area contributed by atoms with Gasteiger partial charge in [-0.25, -0.2) is 4.98 Å². The van der Waals surface area contributed by atoms with E-state index in [0.29, 0.717) is 5.82 Å². The normalized spacial score (nSPS) is 11.0. The molecule has 2 aromatic heterocycles. The fourth-order valence-corrected chi connectivity index (χ4v) is 3.87. The van der Waals surface area contributed by atoms with E-state index in [4.69, 9.17) is 5.73 Å². The maximum atomic E-state index is 5.99. The summed E-state index contributed by atoms with van der Waals surface area (Å²) in [6.07, 6.45) is 7.82. The summed E-state index contributed by atoms with van der Waals surface area (Å²) >= 11 is 3.06. The van der Waals surface area contributed by atoms with Crippen LogP contribution in [0.5, 0.6) is 0 Å². The Labute approximate surface area is 135 Å². The van der Waals surface area contributed by atoms with Crippen LogP contribution in [0.25, 0.3) is 10.6 Å². The van der Waals surface area contributed by atoms with E-state index in [1.165, 1.54) is 50.1 Å². The lowest BCUT2D eigenvalue weighted by Crippen LogP contribution is -2.01. The quantitative estimate of drug-likeness (QED) is 0.642. The van der Waals surface area contributed by atoms with E-state index < -0.39 is 0 Å². The Hall–Kier alpha value is -1.14. The maximum Gasteiger partial charge on any atom is 0.149 e. The molecule has 0 aliphatic heterocycles. The number of aryl methyl sites for hydroxylation is 1. The van der Waals surface area contributed by atoms with Crippen molar-refractivity contribution in [2.45, 2.75) is 52.4 Å². The molecule has 0 amide bonds. The number of nitrogens with zero attached hydrogens (tertiary/aromatic N) is 2. The van der Waals surface area contributed by atoms with Gasteiger partial charge < -0.3 is 11.1 Å². The average Bonchev–Trinajstić information content (AvgIpc) is 3.04. The van der Waals surface area contributed by atoms with Crippen LogP contribution in [0.15, 0.2) is 5.38 Å². The van der Waals surface area contributed by atoms with Gasteiger partial charge in [-0.2, -0.15) is 4.37 Å². The molecular formula is C15H24N4S2. The van der Waals surface area contributed by atoms with Crippen LogP contribution in [0.2, 0.25) is 0 Å². The molecular weight excluding hydrogens is 300 g/mol. The van der Waals surface area contributed by atoms with E-state index in [0.717, 1.165) is 27.8 Å². The first-order valence-electron chi connectivity index (χ1n) is 7.64. The lowest BCUT2D eigenvalue weighted by molar-refractivity contribution is 0.617. The summed E-state index contributed by atoms with van der Waals surface area (Å²) in [7, 11) is 0. The Morgan fingerprint density at radius 3 is 2.67 bits per heavy atom. The second kappa shape index (κ2) is 8.34. The third-order valence-corrected chi connectivity index (χ3v) is 5.16. The van der Waals surface area contributed by atoms with Gasteiger partial charge in [0.15, 0.2) is 0 Å². The molecule has 0 saturated heterocycles. The molecule has 0 radical (unpaired) electrons. The van der Waals surface area contributed by atoms with Gasteiger partial charge in [0.25, 0.3) is 0 Å². The summed E-state index contributed by atoms with van der Waals surface area (Å²) in [5.41, 5.74) is 8.00. The molecule has 2 aromatic rings. The Morgan fingerprint density at radius 1 is 1.19 bits per heavy atom. The van der Waals surface area contributed by atoms with Gasteiger partial charge in [-0.1, -0.05) is 39.0 Å². The summed E-state index contributed by atoms with van der Waals surface area (Å²) in [6, 6.07) is 0. The predicted molar refractivity (Wildman–Crippen MR) is 94.2 cm³/mol. The number of aromatic nitrogens is 2. The number of anilines is 2. The highest BCUT2D eigenvalue weighted by molar-refractivity contribution is 7.15. The van der Waals surface area contributed by atoms with Gasteiger partial charge >= 0.3 is 0 Å². The molecule has 3 N–H and O–H groups in total. The summed E-state index contributed by atoms with van der Waals surface area (Å²) in [5.74, 6) is 0.583. The second-order valence-corrected chi connectivity index (χ2v) is 6.89. The summed E-state index contributed by atoms with van der Waals surface area (Å²) in [4.78, 5) is 4.52. The number of hydrogen-bond acceptors (Lipinski definition) is 6. The highest BCUT2D eigenvalue weighted by Gasteiger charge is 2.16. The van der Waals surface area contributed by atoms with Crippen LogP contribution in [0.3, 0.4) is 0 Å². The Balaban J connectivity index is 1.84. The van der Waals surface area contributed by atoms with Crippen molar-refractivity contribution in [3.8, 4) is 10.6 Å². The van der Waals surface area contributed by atoms with Crippen molar-refractivity contribution >= 4 is 33.7 Å². The monoisotopic (exact) mass is 324 g/mol. The van der Waals surface area contributed by atoms with Crippen LogP contribution in [0.1, 0.15) is 51.1 Å². The minimum Gasteiger partial charge on any atom is -0.382 e. The van der Waals surface area contributed by atoms with E-state index in [9.17, 15) is 0 Å². The van der Waals surface area contributed by atoms with Crippen LogP contribution in [0, 0.1) is 6.92 Å². The number of rotatable bonds is 9. The number of nitrogens with one attached hydrogen (secondary N) is 1.